The monoisotopic (exact) mass is 491 g/mol. The van der Waals surface area contributed by atoms with Crippen LogP contribution in [0, 0.1) is 11.3 Å². The number of nitriles is 1. The Balaban J connectivity index is 0.000000308. The fourth-order valence-corrected chi connectivity index (χ4v) is 3.63. The van der Waals surface area contributed by atoms with Gasteiger partial charge >= 0.3 is 11.9 Å². The quantitative estimate of drug-likeness (QED) is 0.407. The fraction of sp³-hybridized carbons (Fsp3) is 0.240. The highest BCUT2D eigenvalue weighted by Gasteiger charge is 2.29. The number of rotatable bonds is 5. The van der Waals surface area contributed by atoms with E-state index >= 15 is 0 Å². The Morgan fingerprint density at radius 3 is 2.33 bits per heavy atom. The zero-order chi connectivity index (χ0) is 26.2. The summed E-state index contributed by atoms with van der Waals surface area (Å²) in [6, 6.07) is 20.3. The van der Waals surface area contributed by atoms with E-state index < -0.39 is 24.1 Å². The molecule has 0 bridgehead atoms. The first kappa shape index (κ1) is 26.2. The second-order valence-corrected chi connectivity index (χ2v) is 8.07. The molecule has 1 aliphatic rings. The summed E-state index contributed by atoms with van der Waals surface area (Å²) in [5.74, 6) is -3.54. The van der Waals surface area contributed by atoms with Crippen LogP contribution in [0.4, 0.5) is 11.4 Å². The molecule has 0 radical (unpaired) electrons. The number of aliphatic hydroxyl groups excluding tert-OH is 2. The maximum atomic E-state index is 9.77. The molecule has 4 N–H and O–H groups in total. The molecule has 3 aromatic rings. The largest absolute Gasteiger partial charge is 0.479 e. The van der Waals surface area contributed by atoms with Crippen molar-refractivity contribution in [2.45, 2.75) is 18.8 Å². The molecule has 0 saturated heterocycles. The minimum Gasteiger partial charge on any atom is -0.479 e. The van der Waals surface area contributed by atoms with E-state index in [0.29, 0.717) is 5.56 Å². The number of carboxylic acids is 2. The molecule has 36 heavy (non-hydrogen) atoms. The minimum absolute atomic E-state index is 0.679. The highest BCUT2D eigenvalue weighted by Crippen LogP contribution is 2.34. The lowest BCUT2D eigenvalue weighted by atomic mass is 10.0. The number of benzene rings is 2. The maximum absolute atomic E-state index is 9.77. The van der Waals surface area contributed by atoms with Crippen LogP contribution < -0.4 is 4.90 Å². The Hall–Kier alpha value is -4.37. The lowest BCUT2D eigenvalue weighted by molar-refractivity contribution is -0.165. The first-order valence-electron chi connectivity index (χ1n) is 10.9. The van der Waals surface area contributed by atoms with E-state index in [1.54, 1.807) is 6.20 Å². The van der Waals surface area contributed by atoms with E-state index in [9.17, 15) is 14.9 Å². The SMILES string of the molecule is CN1CCN(c2cccc(C#N)c2)c2ccc(-c3cccnn3)cc2C1.O=C(O)[C@H](O)[C@@H](O)C(=O)O. The van der Waals surface area contributed by atoms with Crippen LogP contribution in [0.15, 0.2) is 60.8 Å². The summed E-state index contributed by atoms with van der Waals surface area (Å²) in [6.07, 6.45) is -2.85. The van der Waals surface area contributed by atoms with Crippen LogP contribution >= 0.6 is 0 Å². The van der Waals surface area contributed by atoms with Gasteiger partial charge in [-0.3, -0.25) is 0 Å². The van der Waals surface area contributed by atoms with Crippen molar-refractivity contribution in [3.63, 3.8) is 0 Å². The van der Waals surface area contributed by atoms with E-state index in [-0.39, 0.29) is 0 Å². The van der Waals surface area contributed by atoms with Gasteiger partial charge in [-0.2, -0.15) is 15.5 Å². The number of hydrogen-bond donors (Lipinski definition) is 4. The van der Waals surface area contributed by atoms with Crippen LogP contribution in [-0.2, 0) is 16.1 Å². The molecule has 0 aliphatic carbocycles. The Labute approximate surface area is 207 Å². The molecule has 1 aliphatic heterocycles. The van der Waals surface area contributed by atoms with Gasteiger partial charge in [-0.15, -0.1) is 0 Å². The van der Waals surface area contributed by atoms with E-state index in [1.807, 2.05) is 30.3 Å². The number of anilines is 2. The third-order valence-corrected chi connectivity index (χ3v) is 5.48. The summed E-state index contributed by atoms with van der Waals surface area (Å²) < 4.78 is 0. The lowest BCUT2D eigenvalue weighted by Gasteiger charge is -2.25. The topological polar surface area (TPSA) is 171 Å². The van der Waals surface area contributed by atoms with Crippen molar-refractivity contribution in [1.29, 1.82) is 5.26 Å². The predicted octanol–water partition coefficient (Wildman–Crippen LogP) is 1.48. The fourth-order valence-electron chi connectivity index (χ4n) is 3.63. The molecule has 11 heteroatoms. The summed E-state index contributed by atoms with van der Waals surface area (Å²) in [6.45, 7) is 2.70. The highest BCUT2D eigenvalue weighted by molar-refractivity contribution is 5.83. The summed E-state index contributed by atoms with van der Waals surface area (Å²) in [5.41, 5.74) is 6.09. The lowest BCUT2D eigenvalue weighted by Crippen LogP contribution is -2.39. The number of likely N-dealkylation sites (N-methyl/N-ethyl adjacent to an activating group) is 1. The third kappa shape index (κ3) is 6.39. The number of hydrogen-bond acceptors (Lipinski definition) is 9. The van der Waals surface area contributed by atoms with Crippen molar-refractivity contribution >= 4 is 23.3 Å². The van der Waals surface area contributed by atoms with Crippen molar-refractivity contribution in [2.75, 3.05) is 25.0 Å². The molecule has 0 fully saturated rings. The van der Waals surface area contributed by atoms with Gasteiger partial charge in [-0.05, 0) is 55.1 Å². The molecule has 4 rings (SSSR count). The average molecular weight is 492 g/mol. The molecule has 2 heterocycles. The van der Waals surface area contributed by atoms with E-state index in [0.717, 1.165) is 36.6 Å². The van der Waals surface area contributed by atoms with Crippen LogP contribution in [0.25, 0.3) is 11.3 Å². The van der Waals surface area contributed by atoms with E-state index in [4.69, 9.17) is 20.4 Å². The molecule has 11 nitrogen and oxygen atoms in total. The number of carboxylic acid groups (broad SMARTS) is 2. The second-order valence-electron chi connectivity index (χ2n) is 8.07. The van der Waals surface area contributed by atoms with Crippen LogP contribution in [0.3, 0.4) is 0 Å². The summed E-state index contributed by atoms with van der Waals surface area (Å²) in [5, 5.41) is 50.0. The molecular formula is C25H25N5O6. The Bertz CT molecular complexity index is 1250. The van der Waals surface area contributed by atoms with Gasteiger partial charge in [0.05, 0.1) is 17.3 Å². The first-order chi connectivity index (χ1) is 17.2. The van der Waals surface area contributed by atoms with Crippen LogP contribution in [0.1, 0.15) is 11.1 Å². The van der Waals surface area contributed by atoms with Gasteiger partial charge in [0.15, 0.2) is 12.2 Å². The average Bonchev–Trinajstić information content (AvgIpc) is 3.06. The standard InChI is InChI=1S/C21H19N5.C4H6O6/c1-25-10-11-26(19-5-2-4-16(12-19)14-22)21-8-7-17(13-18(21)15-25)20-6-3-9-23-24-20;5-1(3(7)8)2(6)4(9)10/h2-9,12-13H,10-11,15H2,1H3;1-2,5-6H,(H,7,8)(H,9,10)/t;1-,2-/m.1/s1. The van der Waals surface area contributed by atoms with Gasteiger partial charge < -0.3 is 30.2 Å². The Kier molecular flexibility index (Phi) is 8.64. The van der Waals surface area contributed by atoms with Gasteiger partial charge in [-0.1, -0.05) is 12.1 Å². The summed E-state index contributed by atoms with van der Waals surface area (Å²) in [7, 11) is 2.13. The van der Waals surface area contributed by atoms with Gasteiger partial charge in [0.2, 0.25) is 0 Å². The van der Waals surface area contributed by atoms with Gasteiger partial charge in [0.1, 0.15) is 0 Å². The molecule has 2 aromatic carbocycles. The Morgan fingerprint density at radius 2 is 1.72 bits per heavy atom. The number of nitrogens with zero attached hydrogens (tertiary/aromatic N) is 5. The van der Waals surface area contributed by atoms with Gasteiger partial charge in [0.25, 0.3) is 0 Å². The highest BCUT2D eigenvalue weighted by atomic mass is 16.4. The summed E-state index contributed by atoms with van der Waals surface area (Å²) in [4.78, 5) is 24.1. The molecule has 186 valence electrons. The molecule has 1 aromatic heterocycles. The number of aliphatic carboxylic acids is 2. The normalized spacial score (nSPS) is 14.8. The zero-order valence-electron chi connectivity index (χ0n) is 19.4. The van der Waals surface area contributed by atoms with Gasteiger partial charge in [0, 0.05) is 42.8 Å². The molecule has 0 amide bonds. The molecule has 0 spiro atoms. The van der Waals surface area contributed by atoms with Crippen LogP contribution in [0.5, 0.6) is 0 Å². The maximum Gasteiger partial charge on any atom is 0.335 e. The number of fused-ring (bicyclic) bond motifs is 1. The minimum atomic E-state index is -2.27. The predicted molar refractivity (Wildman–Crippen MR) is 129 cm³/mol. The van der Waals surface area contributed by atoms with Crippen molar-refractivity contribution in [3.05, 3.63) is 71.9 Å². The van der Waals surface area contributed by atoms with E-state index in [1.165, 1.54) is 11.3 Å². The number of aliphatic hydroxyl groups is 2. The first-order valence-corrected chi connectivity index (χ1v) is 10.9. The van der Waals surface area contributed by atoms with Gasteiger partial charge in [-0.25, -0.2) is 9.59 Å². The van der Waals surface area contributed by atoms with Crippen molar-refractivity contribution < 1.29 is 30.0 Å². The molecule has 2 atom stereocenters. The van der Waals surface area contributed by atoms with Crippen LogP contribution in [-0.4, -0.2) is 79.8 Å². The van der Waals surface area contributed by atoms with Crippen molar-refractivity contribution in [2.24, 2.45) is 0 Å². The van der Waals surface area contributed by atoms with Crippen LogP contribution in [0.2, 0.25) is 0 Å². The number of aromatic nitrogens is 2. The molecule has 0 unspecified atom stereocenters. The molecule has 0 saturated carbocycles. The molecular weight excluding hydrogens is 466 g/mol. The second kappa shape index (κ2) is 11.9. The van der Waals surface area contributed by atoms with Crippen molar-refractivity contribution in [3.8, 4) is 17.3 Å². The third-order valence-electron chi connectivity index (χ3n) is 5.48. The van der Waals surface area contributed by atoms with Crippen molar-refractivity contribution in [1.82, 2.24) is 15.1 Å². The Morgan fingerprint density at radius 1 is 1.00 bits per heavy atom. The van der Waals surface area contributed by atoms with E-state index in [2.05, 4.69) is 57.4 Å². The smallest absolute Gasteiger partial charge is 0.335 e. The zero-order valence-corrected chi connectivity index (χ0v) is 19.4. The number of carbonyl (C=O) groups is 2. The summed E-state index contributed by atoms with van der Waals surface area (Å²) >= 11 is 0.